The molecule has 0 saturated carbocycles. The Hall–Kier alpha value is -3.16. The molecule has 4 rings (SSSR count). The third-order valence-corrected chi connectivity index (χ3v) is 4.63. The third kappa shape index (κ3) is 3.55. The molecule has 0 aliphatic carbocycles. The van der Waals surface area contributed by atoms with Gasteiger partial charge >= 0.3 is 0 Å². The van der Waals surface area contributed by atoms with Crippen LogP contribution in [0.4, 0.5) is 4.39 Å². The molecule has 1 amide bonds. The molecule has 1 unspecified atom stereocenters. The van der Waals surface area contributed by atoms with E-state index in [1.54, 1.807) is 15.5 Å². The first kappa shape index (κ1) is 17.3. The fourth-order valence-electron chi connectivity index (χ4n) is 3.25. The first-order chi connectivity index (χ1) is 13.1. The maximum Gasteiger partial charge on any atom is 0.271 e. The van der Waals surface area contributed by atoms with E-state index in [1.165, 1.54) is 24.3 Å². The van der Waals surface area contributed by atoms with Gasteiger partial charge in [0, 0.05) is 19.8 Å². The first-order valence-electron chi connectivity index (χ1n) is 8.75. The molecule has 3 heterocycles. The SMILES string of the molecule is Cn1cccc1C(=O)N1CCCC1c1noc(COc2ccc(F)cc2)n1. The van der Waals surface area contributed by atoms with Crippen LogP contribution in [0, 0.1) is 5.82 Å². The second-order valence-corrected chi connectivity index (χ2v) is 6.45. The molecule has 8 heteroatoms. The smallest absolute Gasteiger partial charge is 0.271 e. The van der Waals surface area contributed by atoms with Crippen molar-refractivity contribution in [3.05, 3.63) is 65.8 Å². The van der Waals surface area contributed by atoms with Crippen LogP contribution >= 0.6 is 0 Å². The van der Waals surface area contributed by atoms with Gasteiger partial charge in [0.15, 0.2) is 12.4 Å². The summed E-state index contributed by atoms with van der Waals surface area (Å²) in [5.74, 6) is 0.934. The van der Waals surface area contributed by atoms with E-state index in [4.69, 9.17) is 9.26 Å². The number of halogens is 1. The number of hydrogen-bond donors (Lipinski definition) is 0. The van der Waals surface area contributed by atoms with E-state index in [1.807, 2.05) is 19.3 Å². The third-order valence-electron chi connectivity index (χ3n) is 4.63. The first-order valence-corrected chi connectivity index (χ1v) is 8.75. The van der Waals surface area contributed by atoms with Gasteiger partial charge in [-0.2, -0.15) is 4.98 Å². The lowest BCUT2D eigenvalue weighted by atomic mass is 10.2. The predicted molar refractivity (Wildman–Crippen MR) is 93.5 cm³/mol. The van der Waals surface area contributed by atoms with Crippen molar-refractivity contribution in [3.8, 4) is 5.75 Å². The monoisotopic (exact) mass is 370 g/mol. The van der Waals surface area contributed by atoms with Crippen molar-refractivity contribution in [1.82, 2.24) is 19.6 Å². The van der Waals surface area contributed by atoms with Gasteiger partial charge in [-0.3, -0.25) is 4.79 Å². The zero-order chi connectivity index (χ0) is 18.8. The molecule has 140 valence electrons. The average molecular weight is 370 g/mol. The average Bonchev–Trinajstić information content (AvgIpc) is 3.41. The molecule has 1 atom stereocenters. The number of hydrogen-bond acceptors (Lipinski definition) is 5. The number of amides is 1. The number of carbonyl (C=O) groups is 1. The van der Waals surface area contributed by atoms with E-state index in [9.17, 15) is 9.18 Å². The van der Waals surface area contributed by atoms with E-state index in [-0.39, 0.29) is 24.4 Å². The van der Waals surface area contributed by atoms with Crippen LogP contribution in [0.5, 0.6) is 5.75 Å². The zero-order valence-electron chi connectivity index (χ0n) is 14.8. The molecule has 0 radical (unpaired) electrons. The molecule has 1 aliphatic rings. The molecule has 1 aromatic carbocycles. The highest BCUT2D eigenvalue weighted by atomic mass is 19.1. The van der Waals surface area contributed by atoms with Crippen molar-refractivity contribution < 1.29 is 18.4 Å². The Morgan fingerprint density at radius 1 is 1.33 bits per heavy atom. The van der Waals surface area contributed by atoms with Gasteiger partial charge in [0.2, 0.25) is 0 Å². The summed E-state index contributed by atoms with van der Waals surface area (Å²) in [6.45, 7) is 0.738. The van der Waals surface area contributed by atoms with Crippen LogP contribution < -0.4 is 4.74 Å². The topological polar surface area (TPSA) is 73.4 Å². The Labute approximate surface area is 155 Å². The summed E-state index contributed by atoms with van der Waals surface area (Å²) in [4.78, 5) is 19.0. The molecular weight excluding hydrogens is 351 g/mol. The Kier molecular flexibility index (Phi) is 4.62. The number of rotatable bonds is 5. The largest absolute Gasteiger partial charge is 0.484 e. The summed E-state index contributed by atoms with van der Waals surface area (Å²) in [7, 11) is 1.84. The van der Waals surface area contributed by atoms with Gasteiger partial charge in [-0.25, -0.2) is 4.39 Å². The Morgan fingerprint density at radius 2 is 2.15 bits per heavy atom. The summed E-state index contributed by atoms with van der Waals surface area (Å²) in [5.41, 5.74) is 0.630. The van der Waals surface area contributed by atoms with Crippen LogP contribution in [0.1, 0.15) is 41.1 Å². The van der Waals surface area contributed by atoms with Crippen LogP contribution in [0.3, 0.4) is 0 Å². The van der Waals surface area contributed by atoms with E-state index >= 15 is 0 Å². The fourth-order valence-corrected chi connectivity index (χ4v) is 3.25. The van der Waals surface area contributed by atoms with E-state index in [0.29, 0.717) is 29.7 Å². The van der Waals surface area contributed by atoms with E-state index in [0.717, 1.165) is 12.8 Å². The maximum absolute atomic E-state index is 12.9. The van der Waals surface area contributed by atoms with Crippen LogP contribution in [0.15, 0.2) is 47.1 Å². The molecule has 7 nitrogen and oxygen atoms in total. The molecule has 27 heavy (non-hydrogen) atoms. The minimum Gasteiger partial charge on any atom is -0.484 e. The fraction of sp³-hybridized carbons (Fsp3) is 0.316. The highest BCUT2D eigenvalue weighted by Gasteiger charge is 2.34. The van der Waals surface area contributed by atoms with Gasteiger partial charge in [-0.05, 0) is 49.2 Å². The molecule has 0 N–H and O–H groups in total. The predicted octanol–water partition coefficient (Wildman–Crippen LogP) is 3.10. The second kappa shape index (κ2) is 7.22. The molecule has 0 spiro atoms. The summed E-state index contributed by atoms with van der Waals surface area (Å²) in [6, 6.07) is 9.14. The van der Waals surface area contributed by atoms with Crippen molar-refractivity contribution in [2.75, 3.05) is 6.54 Å². The van der Waals surface area contributed by atoms with Crippen molar-refractivity contribution in [2.24, 2.45) is 7.05 Å². The van der Waals surface area contributed by atoms with E-state index < -0.39 is 0 Å². The standard InChI is InChI=1S/C19H19FN4O3/c1-23-10-2-5-16(23)19(25)24-11-3-4-15(24)18-21-17(27-22-18)12-26-14-8-6-13(20)7-9-14/h2,5-10,15H,3-4,11-12H2,1H3. The zero-order valence-corrected chi connectivity index (χ0v) is 14.8. The number of aromatic nitrogens is 3. The van der Waals surface area contributed by atoms with Gasteiger partial charge in [0.1, 0.15) is 17.3 Å². The molecular formula is C19H19FN4O3. The number of ether oxygens (including phenoxy) is 1. The summed E-state index contributed by atoms with van der Waals surface area (Å²) in [6.07, 6.45) is 3.52. The number of likely N-dealkylation sites (tertiary alicyclic amines) is 1. The number of aryl methyl sites for hydroxylation is 1. The Balaban J connectivity index is 1.44. The summed E-state index contributed by atoms with van der Waals surface area (Å²) in [5, 5.41) is 4.03. The molecule has 1 aliphatic heterocycles. The van der Waals surface area contributed by atoms with Gasteiger partial charge < -0.3 is 18.7 Å². The van der Waals surface area contributed by atoms with Crippen molar-refractivity contribution in [2.45, 2.75) is 25.5 Å². The summed E-state index contributed by atoms with van der Waals surface area (Å²) < 4.78 is 25.5. The van der Waals surface area contributed by atoms with Gasteiger partial charge in [-0.1, -0.05) is 5.16 Å². The molecule has 0 bridgehead atoms. The van der Waals surface area contributed by atoms with Crippen LogP contribution in [0.25, 0.3) is 0 Å². The maximum atomic E-state index is 12.9. The van der Waals surface area contributed by atoms with Crippen molar-refractivity contribution in [3.63, 3.8) is 0 Å². The van der Waals surface area contributed by atoms with Crippen molar-refractivity contribution in [1.29, 1.82) is 0 Å². The molecule has 2 aromatic heterocycles. The minimum absolute atomic E-state index is 0.0427. The minimum atomic E-state index is -0.327. The highest BCUT2D eigenvalue weighted by molar-refractivity contribution is 5.93. The molecule has 3 aromatic rings. The molecule has 1 saturated heterocycles. The van der Waals surface area contributed by atoms with Gasteiger partial charge in [0.05, 0.1) is 6.04 Å². The Morgan fingerprint density at radius 3 is 2.89 bits per heavy atom. The second-order valence-electron chi connectivity index (χ2n) is 6.45. The normalized spacial score (nSPS) is 16.7. The molecule has 1 fully saturated rings. The lowest BCUT2D eigenvalue weighted by molar-refractivity contribution is 0.0718. The highest BCUT2D eigenvalue weighted by Crippen LogP contribution is 2.31. The number of carbonyl (C=O) groups excluding carboxylic acids is 1. The van der Waals surface area contributed by atoms with Crippen LogP contribution in [-0.2, 0) is 13.7 Å². The van der Waals surface area contributed by atoms with Crippen LogP contribution in [-0.4, -0.2) is 32.1 Å². The van der Waals surface area contributed by atoms with Gasteiger partial charge in [-0.15, -0.1) is 0 Å². The quantitative estimate of drug-likeness (QED) is 0.690. The number of nitrogens with zero attached hydrogens (tertiary/aromatic N) is 4. The Bertz CT molecular complexity index is 935. The van der Waals surface area contributed by atoms with Gasteiger partial charge in [0.25, 0.3) is 11.8 Å². The number of benzene rings is 1. The van der Waals surface area contributed by atoms with E-state index in [2.05, 4.69) is 10.1 Å². The summed E-state index contributed by atoms with van der Waals surface area (Å²) >= 11 is 0. The van der Waals surface area contributed by atoms with Crippen LogP contribution in [0.2, 0.25) is 0 Å². The lowest BCUT2D eigenvalue weighted by Gasteiger charge is -2.22. The lowest BCUT2D eigenvalue weighted by Crippen LogP contribution is -2.32. The van der Waals surface area contributed by atoms with Crippen molar-refractivity contribution >= 4 is 5.91 Å².